The first-order chi connectivity index (χ1) is 9.04. The molecule has 1 heterocycles. The number of methoxy groups -OCH3 is 1. The summed E-state index contributed by atoms with van der Waals surface area (Å²) in [6.07, 6.45) is 1.46. The van der Waals surface area contributed by atoms with Crippen LogP contribution in [0.3, 0.4) is 0 Å². The van der Waals surface area contributed by atoms with E-state index >= 15 is 0 Å². The number of esters is 1. The zero-order chi connectivity index (χ0) is 14.0. The van der Waals surface area contributed by atoms with Crippen molar-refractivity contribution in [3.8, 4) is 0 Å². The van der Waals surface area contributed by atoms with Gasteiger partial charge in [0.2, 0.25) is 0 Å². The Morgan fingerprint density at radius 3 is 2.89 bits per heavy atom. The fraction of sp³-hybridized carbons (Fsp3) is 0.231. The third-order valence-electron chi connectivity index (χ3n) is 2.81. The number of rotatable bonds is 3. The summed E-state index contributed by atoms with van der Waals surface area (Å²) in [4.78, 5) is 15.5. The van der Waals surface area contributed by atoms with E-state index in [0.29, 0.717) is 22.3 Å². The maximum absolute atomic E-state index is 13.7. The lowest BCUT2D eigenvalue weighted by molar-refractivity contribution is -0.141. The summed E-state index contributed by atoms with van der Waals surface area (Å²) in [5, 5.41) is 3.68. The van der Waals surface area contributed by atoms with E-state index in [2.05, 4.69) is 15.0 Å². The zero-order valence-electron chi connectivity index (χ0n) is 10.6. The highest BCUT2D eigenvalue weighted by molar-refractivity contribution is 6.01. The number of aromatic nitrogens is 1. The van der Waals surface area contributed by atoms with Crippen LogP contribution in [0.25, 0.3) is 10.8 Å². The van der Waals surface area contributed by atoms with E-state index in [4.69, 9.17) is 5.73 Å². The van der Waals surface area contributed by atoms with Crippen LogP contribution in [-0.4, -0.2) is 24.1 Å². The minimum absolute atomic E-state index is 0.354. The number of nitrogens with zero attached hydrogens (tertiary/aromatic N) is 1. The molecule has 19 heavy (non-hydrogen) atoms. The lowest BCUT2D eigenvalue weighted by Gasteiger charge is -2.15. The molecule has 0 spiro atoms. The van der Waals surface area contributed by atoms with Gasteiger partial charge in [0, 0.05) is 17.3 Å². The molecule has 0 aliphatic rings. The van der Waals surface area contributed by atoms with Crippen molar-refractivity contribution in [2.45, 2.75) is 13.0 Å². The van der Waals surface area contributed by atoms with Crippen molar-refractivity contribution in [2.24, 2.45) is 0 Å². The Kier molecular flexibility index (Phi) is 3.50. The average Bonchev–Trinajstić information content (AvgIpc) is 2.42. The Labute approximate surface area is 109 Å². The number of nitrogens with one attached hydrogen (secondary N) is 1. The second-order valence-electron chi connectivity index (χ2n) is 4.11. The van der Waals surface area contributed by atoms with Crippen LogP contribution in [0.2, 0.25) is 0 Å². The fourth-order valence-electron chi connectivity index (χ4n) is 1.84. The Morgan fingerprint density at radius 2 is 2.21 bits per heavy atom. The van der Waals surface area contributed by atoms with Gasteiger partial charge in [-0.05, 0) is 25.1 Å². The van der Waals surface area contributed by atoms with E-state index in [9.17, 15) is 9.18 Å². The molecule has 0 saturated carbocycles. The summed E-state index contributed by atoms with van der Waals surface area (Å²) in [7, 11) is 1.30. The molecular weight excluding hydrogens is 249 g/mol. The summed E-state index contributed by atoms with van der Waals surface area (Å²) in [6, 6.07) is 3.69. The Morgan fingerprint density at radius 1 is 1.47 bits per heavy atom. The number of halogens is 1. The number of pyridine rings is 1. The number of benzene rings is 1. The molecule has 2 aromatic rings. The Hall–Kier alpha value is -2.37. The fourth-order valence-corrected chi connectivity index (χ4v) is 1.84. The molecule has 0 aliphatic carbocycles. The molecule has 1 unspecified atom stereocenters. The van der Waals surface area contributed by atoms with Crippen LogP contribution in [-0.2, 0) is 9.53 Å². The number of carbonyl (C=O) groups excluding carboxylic acids is 1. The van der Waals surface area contributed by atoms with Gasteiger partial charge < -0.3 is 15.8 Å². The van der Waals surface area contributed by atoms with Crippen LogP contribution in [0.15, 0.2) is 24.4 Å². The Balaban J connectivity index is 2.50. The molecular formula is C13H14FN3O2. The molecule has 1 atom stereocenters. The topological polar surface area (TPSA) is 77.2 Å². The number of carbonyl (C=O) groups is 1. The first kappa shape index (κ1) is 13.1. The molecule has 0 amide bonds. The number of hydrogen-bond acceptors (Lipinski definition) is 5. The van der Waals surface area contributed by atoms with E-state index in [1.807, 2.05) is 0 Å². The molecule has 100 valence electrons. The molecule has 2 rings (SSSR count). The third kappa shape index (κ3) is 2.42. The lowest BCUT2D eigenvalue weighted by atomic mass is 10.1. The van der Waals surface area contributed by atoms with Crippen molar-refractivity contribution in [3.05, 3.63) is 30.2 Å². The third-order valence-corrected chi connectivity index (χ3v) is 2.81. The van der Waals surface area contributed by atoms with Gasteiger partial charge in [-0.15, -0.1) is 0 Å². The van der Waals surface area contributed by atoms with Crippen molar-refractivity contribution in [2.75, 3.05) is 18.2 Å². The Bertz CT molecular complexity index is 631. The number of nitrogens with two attached hydrogens (primary N) is 1. The van der Waals surface area contributed by atoms with Gasteiger partial charge in [-0.2, -0.15) is 0 Å². The van der Waals surface area contributed by atoms with Crippen molar-refractivity contribution in [1.82, 2.24) is 4.98 Å². The molecule has 0 aliphatic heterocycles. The first-order valence-electron chi connectivity index (χ1n) is 5.71. The quantitative estimate of drug-likeness (QED) is 0.653. The molecule has 3 N–H and O–H groups in total. The molecule has 0 bridgehead atoms. The molecule has 5 nitrogen and oxygen atoms in total. The van der Waals surface area contributed by atoms with Crippen LogP contribution < -0.4 is 11.1 Å². The van der Waals surface area contributed by atoms with Crippen LogP contribution in [0.4, 0.5) is 15.9 Å². The van der Waals surface area contributed by atoms with E-state index in [1.54, 1.807) is 6.92 Å². The molecule has 0 radical (unpaired) electrons. The van der Waals surface area contributed by atoms with Crippen LogP contribution in [0.1, 0.15) is 6.92 Å². The highest BCUT2D eigenvalue weighted by atomic mass is 19.1. The van der Waals surface area contributed by atoms with Crippen molar-refractivity contribution in [3.63, 3.8) is 0 Å². The summed E-state index contributed by atoms with van der Waals surface area (Å²) in [6.45, 7) is 1.63. The van der Waals surface area contributed by atoms with E-state index in [0.717, 1.165) is 0 Å². The maximum atomic E-state index is 13.7. The molecule has 1 aromatic carbocycles. The van der Waals surface area contributed by atoms with E-state index < -0.39 is 12.0 Å². The van der Waals surface area contributed by atoms with Crippen LogP contribution in [0.5, 0.6) is 0 Å². The number of ether oxygens (including phenoxy) is 1. The highest BCUT2D eigenvalue weighted by Crippen LogP contribution is 2.29. The highest BCUT2D eigenvalue weighted by Gasteiger charge is 2.16. The van der Waals surface area contributed by atoms with Crippen molar-refractivity contribution >= 4 is 28.2 Å². The van der Waals surface area contributed by atoms with Crippen LogP contribution >= 0.6 is 0 Å². The minimum Gasteiger partial charge on any atom is -0.467 e. The van der Waals surface area contributed by atoms with Crippen molar-refractivity contribution < 1.29 is 13.9 Å². The number of nitrogen functional groups attached to an aromatic ring is 1. The molecule has 0 fully saturated rings. The second kappa shape index (κ2) is 5.09. The summed E-state index contributed by atoms with van der Waals surface area (Å²) < 4.78 is 18.3. The number of fused-ring (bicyclic) bond motifs is 1. The molecule has 0 saturated heterocycles. The van der Waals surface area contributed by atoms with E-state index in [-0.39, 0.29) is 5.82 Å². The molecule has 1 aromatic heterocycles. The summed E-state index contributed by atoms with van der Waals surface area (Å²) >= 11 is 0. The average molecular weight is 263 g/mol. The van der Waals surface area contributed by atoms with E-state index in [1.165, 1.54) is 31.5 Å². The number of hydrogen-bond donors (Lipinski definition) is 2. The monoisotopic (exact) mass is 263 g/mol. The predicted molar refractivity (Wildman–Crippen MR) is 71.2 cm³/mol. The first-order valence-corrected chi connectivity index (χ1v) is 5.71. The normalized spacial score (nSPS) is 12.2. The second-order valence-corrected chi connectivity index (χ2v) is 4.11. The van der Waals surface area contributed by atoms with Crippen molar-refractivity contribution in [1.29, 1.82) is 0 Å². The summed E-state index contributed by atoms with van der Waals surface area (Å²) in [5.74, 6) is -0.471. The smallest absolute Gasteiger partial charge is 0.328 e. The largest absolute Gasteiger partial charge is 0.467 e. The van der Waals surface area contributed by atoms with Gasteiger partial charge in [0.05, 0.1) is 12.5 Å². The van der Waals surface area contributed by atoms with Gasteiger partial charge in [-0.25, -0.2) is 14.2 Å². The van der Waals surface area contributed by atoms with Gasteiger partial charge >= 0.3 is 5.97 Å². The van der Waals surface area contributed by atoms with Gasteiger partial charge in [-0.1, -0.05) is 0 Å². The molecule has 6 heteroatoms. The zero-order valence-corrected chi connectivity index (χ0v) is 10.6. The number of anilines is 2. The van der Waals surface area contributed by atoms with Gasteiger partial charge in [-0.3, -0.25) is 0 Å². The van der Waals surface area contributed by atoms with Gasteiger partial charge in [0.1, 0.15) is 17.7 Å². The maximum Gasteiger partial charge on any atom is 0.328 e. The van der Waals surface area contributed by atoms with Gasteiger partial charge in [0.25, 0.3) is 0 Å². The standard InChI is InChI=1S/C13H14FN3O2/c1-7(13(18)19-2)17-12-11-8(5-6-16-12)9(14)3-4-10(11)15/h3-7H,15H2,1-2H3,(H,16,17). The lowest BCUT2D eigenvalue weighted by Crippen LogP contribution is -2.27. The van der Waals surface area contributed by atoms with Crippen LogP contribution in [0, 0.1) is 5.82 Å². The SMILES string of the molecule is COC(=O)C(C)Nc1nccc2c(F)ccc(N)c12. The predicted octanol–water partition coefficient (Wildman–Crippen LogP) is 1.93. The minimum atomic E-state index is -0.606. The van der Waals surface area contributed by atoms with Gasteiger partial charge in [0.15, 0.2) is 0 Å². The summed E-state index contributed by atoms with van der Waals surface area (Å²) in [5.41, 5.74) is 6.24.